The van der Waals surface area contributed by atoms with Crippen molar-refractivity contribution < 1.29 is 0 Å². The molecule has 1 heterocycles. The van der Waals surface area contributed by atoms with E-state index in [0.29, 0.717) is 5.92 Å². The number of benzene rings is 5. The van der Waals surface area contributed by atoms with Crippen LogP contribution in [0.1, 0.15) is 76.2 Å². The molecule has 4 aliphatic carbocycles. The Morgan fingerprint density at radius 1 is 0.467 bits per heavy atom. The molecule has 2 heteroatoms. The van der Waals surface area contributed by atoms with Gasteiger partial charge in [-0.05, 0) is 155 Å². The lowest BCUT2D eigenvalue weighted by Gasteiger charge is -2.31. The van der Waals surface area contributed by atoms with Crippen molar-refractivity contribution in [1.29, 1.82) is 0 Å². The van der Waals surface area contributed by atoms with Crippen LogP contribution in [0.5, 0.6) is 0 Å². The van der Waals surface area contributed by atoms with Gasteiger partial charge in [-0.3, -0.25) is 0 Å². The van der Waals surface area contributed by atoms with Gasteiger partial charge in [-0.2, -0.15) is 0 Å². The Balaban J connectivity index is 1.02. The molecule has 0 spiro atoms. The maximum Gasteiger partial charge on any atom is 0.129 e. The average molecular weight is 779 g/mol. The van der Waals surface area contributed by atoms with Crippen LogP contribution >= 0.6 is 0 Å². The molecule has 1 aliphatic heterocycles. The second kappa shape index (κ2) is 17.5. The highest BCUT2D eigenvalue weighted by Crippen LogP contribution is 2.44. The number of hydrogen-bond donors (Lipinski definition) is 1. The minimum Gasteiger partial charge on any atom is -0.359 e. The molecule has 0 radical (unpaired) electrons. The standard InChI is InChI=1S/C58H54N2/c1-4-20-41(21-5-1)44-26-18-28-46(38-44)56-40-57(60-58(59-56)43-24-8-3-9-25-43)47-29-19-27-45(39-47)49-31-11-13-33-51(49)53-35-15-17-37-55(53)54-36-16-14-34-52(54)50-32-12-10-30-48(50)42-22-6-2-7-23-42/h2,4,6-7,10-17,20-24,29-40,46,57H,1,3,5,8-9,18-19,25-28H2,(H,59,60). The molecular formula is C58H54N2. The van der Waals surface area contributed by atoms with E-state index in [9.17, 15) is 0 Å². The molecule has 60 heavy (non-hydrogen) atoms. The fraction of sp³-hybridized carbons (Fsp3) is 0.224. The molecule has 2 nitrogen and oxygen atoms in total. The molecule has 0 fully saturated rings. The van der Waals surface area contributed by atoms with E-state index in [1.165, 1.54) is 103 Å². The quantitative estimate of drug-likeness (QED) is 0.158. The van der Waals surface area contributed by atoms with Crippen LogP contribution in [0.15, 0.2) is 209 Å². The van der Waals surface area contributed by atoms with Crippen LogP contribution in [-0.2, 0) is 0 Å². The third-order valence-corrected chi connectivity index (χ3v) is 13.1. The Morgan fingerprint density at radius 2 is 1.08 bits per heavy atom. The molecule has 0 amide bonds. The topological polar surface area (TPSA) is 24.4 Å². The Bertz CT molecular complexity index is 2660. The molecule has 0 aromatic heterocycles. The Hall–Kier alpha value is -6.25. The number of nitrogens with one attached hydrogen (secondary N) is 1. The van der Waals surface area contributed by atoms with E-state index >= 15 is 0 Å². The zero-order chi connectivity index (χ0) is 40.1. The van der Waals surface area contributed by atoms with Crippen LogP contribution in [0.3, 0.4) is 0 Å². The number of amidine groups is 1. The van der Waals surface area contributed by atoms with Crippen LogP contribution in [0.2, 0.25) is 0 Å². The van der Waals surface area contributed by atoms with Gasteiger partial charge < -0.3 is 5.32 Å². The highest BCUT2D eigenvalue weighted by Gasteiger charge is 2.28. The van der Waals surface area contributed by atoms with Crippen LogP contribution < -0.4 is 5.32 Å². The fourth-order valence-corrected chi connectivity index (χ4v) is 10.1. The molecule has 10 rings (SSSR count). The summed E-state index contributed by atoms with van der Waals surface area (Å²) in [6, 6.07) is 46.7. The first-order chi connectivity index (χ1) is 29.8. The van der Waals surface area contributed by atoms with Gasteiger partial charge in [0, 0.05) is 11.6 Å². The van der Waals surface area contributed by atoms with Crippen molar-refractivity contribution in [2.45, 2.75) is 76.7 Å². The second-order valence-electron chi connectivity index (χ2n) is 16.9. The highest BCUT2D eigenvalue weighted by atomic mass is 15.1. The van der Waals surface area contributed by atoms with Crippen molar-refractivity contribution in [3.63, 3.8) is 0 Å². The van der Waals surface area contributed by atoms with Gasteiger partial charge in [-0.15, -0.1) is 0 Å². The summed E-state index contributed by atoms with van der Waals surface area (Å²) in [6.45, 7) is 0. The van der Waals surface area contributed by atoms with Gasteiger partial charge >= 0.3 is 0 Å². The van der Waals surface area contributed by atoms with E-state index in [1.54, 1.807) is 0 Å². The van der Waals surface area contributed by atoms with Crippen LogP contribution in [0.25, 0.3) is 50.1 Å². The van der Waals surface area contributed by atoms with Crippen molar-refractivity contribution in [1.82, 2.24) is 5.32 Å². The molecule has 5 aromatic rings. The molecule has 0 saturated carbocycles. The summed E-state index contributed by atoms with van der Waals surface area (Å²) in [4.78, 5) is 5.44. The number of rotatable bonds is 9. The minimum absolute atomic E-state index is 0.0780. The van der Waals surface area contributed by atoms with E-state index in [0.717, 1.165) is 57.2 Å². The highest BCUT2D eigenvalue weighted by molar-refractivity contribution is 6.01. The zero-order valence-electron chi connectivity index (χ0n) is 34.6. The van der Waals surface area contributed by atoms with Crippen molar-refractivity contribution in [2.75, 3.05) is 0 Å². The van der Waals surface area contributed by atoms with E-state index in [1.807, 2.05) is 0 Å². The third-order valence-electron chi connectivity index (χ3n) is 13.1. The van der Waals surface area contributed by atoms with E-state index in [2.05, 4.69) is 181 Å². The molecule has 5 aliphatic rings. The van der Waals surface area contributed by atoms with Crippen molar-refractivity contribution in [3.05, 3.63) is 210 Å². The van der Waals surface area contributed by atoms with Crippen LogP contribution in [0, 0.1) is 5.92 Å². The molecule has 5 aromatic carbocycles. The van der Waals surface area contributed by atoms with Crippen molar-refractivity contribution in [3.8, 4) is 44.5 Å². The van der Waals surface area contributed by atoms with Gasteiger partial charge in [0.1, 0.15) is 5.84 Å². The van der Waals surface area contributed by atoms with Crippen LogP contribution in [-0.4, -0.2) is 11.9 Å². The lowest BCUT2D eigenvalue weighted by atomic mass is 9.82. The lowest BCUT2D eigenvalue weighted by molar-refractivity contribution is 0.577. The molecule has 2 unspecified atom stereocenters. The summed E-state index contributed by atoms with van der Waals surface area (Å²) in [5.74, 6) is 1.43. The lowest BCUT2D eigenvalue weighted by Crippen LogP contribution is -2.39. The van der Waals surface area contributed by atoms with Gasteiger partial charge in [-0.25, -0.2) is 4.99 Å². The maximum atomic E-state index is 5.44. The normalized spacial score (nSPS) is 20.4. The molecule has 296 valence electrons. The van der Waals surface area contributed by atoms with Crippen molar-refractivity contribution in [2.24, 2.45) is 10.9 Å². The largest absolute Gasteiger partial charge is 0.359 e. The summed E-state index contributed by atoms with van der Waals surface area (Å²) in [7, 11) is 0. The minimum atomic E-state index is 0.0780. The van der Waals surface area contributed by atoms with Gasteiger partial charge in [0.05, 0.1) is 6.04 Å². The van der Waals surface area contributed by atoms with Crippen molar-refractivity contribution >= 4 is 11.4 Å². The predicted molar refractivity (Wildman–Crippen MR) is 254 cm³/mol. The average Bonchev–Trinajstić information content (AvgIpc) is 3.35. The van der Waals surface area contributed by atoms with Gasteiger partial charge in [0.15, 0.2) is 0 Å². The zero-order valence-corrected chi connectivity index (χ0v) is 34.6. The SMILES string of the molecule is C1=CC(C2=CC(C3=CC(C4=CCCC(c5ccccc5-c5ccccc5-c5ccccc5-c5ccccc5-c5ccccc5)=C4)NC(C4=CCCCC4)=N3)CCC2)=CCC1. The number of nitrogens with zero attached hydrogens (tertiary/aromatic N) is 1. The molecular weight excluding hydrogens is 725 g/mol. The third kappa shape index (κ3) is 7.92. The summed E-state index contributed by atoms with van der Waals surface area (Å²) >= 11 is 0. The Kier molecular flexibility index (Phi) is 11.1. The Morgan fingerprint density at radius 3 is 1.73 bits per heavy atom. The van der Waals surface area contributed by atoms with Gasteiger partial charge in [0.2, 0.25) is 0 Å². The Labute approximate surface area is 356 Å². The molecule has 2 atom stereocenters. The first kappa shape index (κ1) is 38.0. The van der Waals surface area contributed by atoms with E-state index in [-0.39, 0.29) is 6.04 Å². The monoisotopic (exact) mass is 778 g/mol. The smallest absolute Gasteiger partial charge is 0.129 e. The summed E-state index contributed by atoms with van der Waals surface area (Å²) in [6.07, 6.45) is 32.2. The summed E-state index contributed by atoms with van der Waals surface area (Å²) < 4.78 is 0. The van der Waals surface area contributed by atoms with E-state index in [4.69, 9.17) is 4.99 Å². The number of hydrogen-bond acceptors (Lipinski definition) is 2. The van der Waals surface area contributed by atoms with Gasteiger partial charge in [0.25, 0.3) is 0 Å². The predicted octanol–water partition coefficient (Wildman–Crippen LogP) is 15.2. The molecule has 1 N–H and O–H groups in total. The maximum absolute atomic E-state index is 5.44. The number of allylic oxidation sites excluding steroid dienone is 9. The second-order valence-corrected chi connectivity index (χ2v) is 16.9. The summed E-state index contributed by atoms with van der Waals surface area (Å²) in [5, 5.41) is 3.97. The fourth-order valence-electron chi connectivity index (χ4n) is 10.1. The first-order valence-electron chi connectivity index (χ1n) is 22.4. The number of aliphatic imine (C=N–C) groups is 1. The van der Waals surface area contributed by atoms with E-state index < -0.39 is 0 Å². The molecule has 0 bridgehead atoms. The first-order valence-corrected chi connectivity index (χ1v) is 22.4. The molecule has 0 saturated heterocycles. The summed E-state index contributed by atoms with van der Waals surface area (Å²) in [5.41, 5.74) is 19.6. The van der Waals surface area contributed by atoms with Gasteiger partial charge in [-0.1, -0.05) is 170 Å². The van der Waals surface area contributed by atoms with Crippen LogP contribution in [0.4, 0.5) is 0 Å².